The van der Waals surface area contributed by atoms with Crippen LogP contribution in [0.15, 0.2) is 15.9 Å². The topological polar surface area (TPSA) is 20.2 Å². The highest BCUT2D eigenvalue weighted by atomic mass is 79.9. The second-order valence-electron chi connectivity index (χ2n) is 2.93. The van der Waals surface area contributed by atoms with Gasteiger partial charge in [0.25, 0.3) is 0 Å². The molecule has 1 N–H and O–H groups in total. The van der Waals surface area contributed by atoms with Crippen molar-refractivity contribution in [3.63, 3.8) is 0 Å². The van der Waals surface area contributed by atoms with Crippen LogP contribution in [-0.2, 0) is 0 Å². The zero-order valence-corrected chi connectivity index (χ0v) is 9.33. The van der Waals surface area contributed by atoms with Crippen LogP contribution in [-0.4, -0.2) is 11.0 Å². The minimum atomic E-state index is -2.82. The van der Waals surface area contributed by atoms with E-state index in [9.17, 15) is 13.9 Å². The van der Waals surface area contributed by atoms with Crippen LogP contribution in [0.1, 0.15) is 24.3 Å². The molecule has 13 heavy (non-hydrogen) atoms. The highest BCUT2D eigenvalue weighted by Crippen LogP contribution is 2.33. The minimum Gasteiger partial charge on any atom is -0.387 e. The zero-order chi connectivity index (χ0) is 10.1. The van der Waals surface area contributed by atoms with Crippen LogP contribution in [0.2, 0.25) is 0 Å². The number of hydrogen-bond donors (Lipinski definition) is 1. The summed E-state index contributed by atoms with van der Waals surface area (Å²) in [5.41, 5.74) is 0. The molecule has 5 heteroatoms. The van der Waals surface area contributed by atoms with E-state index in [1.807, 2.05) is 0 Å². The third-order valence-corrected chi connectivity index (χ3v) is 3.20. The number of aliphatic hydroxyl groups excluding tert-OH is 1. The SMILES string of the molecule is CC(F)(F)CC(O)c1ccc(Br)s1. The van der Waals surface area contributed by atoms with Gasteiger partial charge in [-0.25, -0.2) is 8.78 Å². The maximum atomic E-state index is 12.5. The number of thiophene rings is 1. The standard InChI is InChI=1S/C8H9BrF2OS/c1-8(10,11)4-5(12)6-2-3-7(9)13-6/h2-3,5,12H,4H2,1H3. The summed E-state index contributed by atoms with van der Waals surface area (Å²) in [7, 11) is 0. The van der Waals surface area contributed by atoms with Crippen molar-refractivity contribution in [1.29, 1.82) is 0 Å². The molecule has 0 saturated carbocycles. The summed E-state index contributed by atoms with van der Waals surface area (Å²) in [5.74, 6) is -2.82. The number of hydrogen-bond acceptors (Lipinski definition) is 2. The molecule has 0 aromatic carbocycles. The van der Waals surface area contributed by atoms with Crippen LogP contribution in [0.5, 0.6) is 0 Å². The van der Waals surface area contributed by atoms with E-state index in [2.05, 4.69) is 15.9 Å². The summed E-state index contributed by atoms with van der Waals surface area (Å²) in [4.78, 5) is 0.563. The fourth-order valence-corrected chi connectivity index (χ4v) is 2.36. The second-order valence-corrected chi connectivity index (χ2v) is 5.43. The highest BCUT2D eigenvalue weighted by molar-refractivity contribution is 9.11. The third-order valence-electron chi connectivity index (χ3n) is 1.47. The molecule has 74 valence electrons. The summed E-state index contributed by atoms with van der Waals surface area (Å²) < 4.78 is 25.8. The summed E-state index contributed by atoms with van der Waals surface area (Å²) in [6.07, 6.45) is -1.60. The maximum absolute atomic E-state index is 12.5. The van der Waals surface area contributed by atoms with Gasteiger partial charge in [0.1, 0.15) is 0 Å². The minimum absolute atomic E-state index is 0.528. The first-order chi connectivity index (χ1) is 5.88. The average molecular weight is 271 g/mol. The van der Waals surface area contributed by atoms with Crippen molar-refractivity contribution in [2.75, 3.05) is 0 Å². The van der Waals surface area contributed by atoms with Gasteiger partial charge in [-0.1, -0.05) is 0 Å². The van der Waals surface area contributed by atoms with Gasteiger partial charge in [-0.15, -0.1) is 11.3 Å². The van der Waals surface area contributed by atoms with Crippen molar-refractivity contribution in [2.24, 2.45) is 0 Å². The Bertz CT molecular complexity index is 282. The van der Waals surface area contributed by atoms with Crippen molar-refractivity contribution in [1.82, 2.24) is 0 Å². The van der Waals surface area contributed by atoms with E-state index in [1.165, 1.54) is 11.3 Å². The molecule has 1 aromatic rings. The molecule has 0 aliphatic heterocycles. The number of halogens is 3. The van der Waals surface area contributed by atoms with Crippen LogP contribution in [0.4, 0.5) is 8.78 Å². The van der Waals surface area contributed by atoms with E-state index in [1.54, 1.807) is 12.1 Å². The summed E-state index contributed by atoms with van der Waals surface area (Å²) >= 11 is 4.47. The molecule has 1 atom stereocenters. The largest absolute Gasteiger partial charge is 0.387 e. The molecular formula is C8H9BrF2OS. The lowest BCUT2D eigenvalue weighted by molar-refractivity contribution is -0.0275. The van der Waals surface area contributed by atoms with Gasteiger partial charge in [0.2, 0.25) is 5.92 Å². The van der Waals surface area contributed by atoms with Crippen LogP contribution < -0.4 is 0 Å². The lowest BCUT2D eigenvalue weighted by Crippen LogP contribution is -2.14. The molecule has 0 saturated heterocycles. The zero-order valence-electron chi connectivity index (χ0n) is 6.93. The number of alkyl halides is 2. The van der Waals surface area contributed by atoms with Gasteiger partial charge in [-0.3, -0.25) is 0 Å². The average Bonchev–Trinajstić information content (AvgIpc) is 2.31. The lowest BCUT2D eigenvalue weighted by Gasteiger charge is -2.14. The molecule has 0 spiro atoms. The van der Waals surface area contributed by atoms with E-state index in [4.69, 9.17) is 0 Å². The Kier molecular flexibility index (Phi) is 3.43. The van der Waals surface area contributed by atoms with Gasteiger partial charge in [-0.2, -0.15) is 0 Å². The molecular weight excluding hydrogens is 262 g/mol. The number of rotatable bonds is 3. The van der Waals surface area contributed by atoms with Crippen LogP contribution in [0.25, 0.3) is 0 Å². The van der Waals surface area contributed by atoms with Crippen molar-refractivity contribution in [3.8, 4) is 0 Å². The fourth-order valence-electron chi connectivity index (χ4n) is 0.947. The van der Waals surface area contributed by atoms with Gasteiger partial charge in [0.05, 0.1) is 9.89 Å². The molecule has 0 radical (unpaired) electrons. The van der Waals surface area contributed by atoms with Crippen molar-refractivity contribution in [2.45, 2.75) is 25.4 Å². The smallest absolute Gasteiger partial charge is 0.248 e. The van der Waals surface area contributed by atoms with Crippen LogP contribution in [0.3, 0.4) is 0 Å². The molecule has 0 amide bonds. The van der Waals surface area contributed by atoms with Gasteiger partial charge < -0.3 is 5.11 Å². The Hall–Kier alpha value is -0.0000000000000000833. The second kappa shape index (κ2) is 4.02. The Balaban J connectivity index is 2.64. The molecule has 0 bridgehead atoms. The lowest BCUT2D eigenvalue weighted by atomic mass is 10.1. The quantitative estimate of drug-likeness (QED) is 0.890. The first-order valence-corrected chi connectivity index (χ1v) is 5.30. The van der Waals surface area contributed by atoms with E-state index >= 15 is 0 Å². The predicted octanol–water partition coefficient (Wildman–Crippen LogP) is 3.59. The Morgan fingerprint density at radius 1 is 1.62 bits per heavy atom. The van der Waals surface area contributed by atoms with Crippen molar-refractivity contribution in [3.05, 3.63) is 20.8 Å². The van der Waals surface area contributed by atoms with Gasteiger partial charge in [0, 0.05) is 11.3 Å². The fraction of sp³-hybridized carbons (Fsp3) is 0.500. The molecule has 1 nitrogen and oxygen atoms in total. The molecule has 1 unspecified atom stereocenters. The first-order valence-electron chi connectivity index (χ1n) is 3.69. The highest BCUT2D eigenvalue weighted by Gasteiger charge is 2.27. The Morgan fingerprint density at radius 3 is 2.62 bits per heavy atom. The summed E-state index contributed by atoms with van der Waals surface area (Å²) in [6, 6.07) is 3.38. The summed E-state index contributed by atoms with van der Waals surface area (Å²) in [6.45, 7) is 0.804. The van der Waals surface area contributed by atoms with E-state index in [-0.39, 0.29) is 0 Å². The first kappa shape index (κ1) is 11.1. The third kappa shape index (κ3) is 3.70. The van der Waals surface area contributed by atoms with Gasteiger partial charge in [0.15, 0.2) is 0 Å². The van der Waals surface area contributed by atoms with E-state index in [0.29, 0.717) is 4.88 Å². The molecule has 0 aliphatic rings. The normalized spacial score (nSPS) is 14.5. The Labute approximate surface area is 87.5 Å². The predicted molar refractivity (Wildman–Crippen MR) is 52.2 cm³/mol. The molecule has 1 heterocycles. The monoisotopic (exact) mass is 270 g/mol. The van der Waals surface area contributed by atoms with Crippen molar-refractivity contribution < 1.29 is 13.9 Å². The number of aliphatic hydroxyl groups is 1. The Morgan fingerprint density at radius 2 is 2.23 bits per heavy atom. The summed E-state index contributed by atoms with van der Waals surface area (Å²) in [5, 5.41) is 9.38. The maximum Gasteiger partial charge on any atom is 0.248 e. The molecule has 0 fully saturated rings. The van der Waals surface area contributed by atoms with E-state index in [0.717, 1.165) is 10.7 Å². The van der Waals surface area contributed by atoms with Crippen molar-refractivity contribution >= 4 is 27.3 Å². The molecule has 1 aromatic heterocycles. The van der Waals surface area contributed by atoms with Crippen LogP contribution in [0, 0.1) is 0 Å². The van der Waals surface area contributed by atoms with E-state index < -0.39 is 18.4 Å². The van der Waals surface area contributed by atoms with Gasteiger partial charge in [-0.05, 0) is 35.0 Å². The molecule has 1 rings (SSSR count). The molecule has 0 aliphatic carbocycles. The van der Waals surface area contributed by atoms with Crippen LogP contribution >= 0.6 is 27.3 Å². The van der Waals surface area contributed by atoms with Gasteiger partial charge >= 0.3 is 0 Å².